The van der Waals surface area contributed by atoms with Crippen molar-refractivity contribution >= 4 is 29.6 Å². The third-order valence-electron chi connectivity index (χ3n) is 5.16. The zero-order valence-corrected chi connectivity index (χ0v) is 16.8. The number of halogens is 1. The van der Waals surface area contributed by atoms with Gasteiger partial charge >= 0.3 is 6.03 Å². The summed E-state index contributed by atoms with van der Waals surface area (Å²) < 4.78 is 15.8. The van der Waals surface area contributed by atoms with Gasteiger partial charge in [-0.3, -0.25) is 14.9 Å². The van der Waals surface area contributed by atoms with Crippen LogP contribution in [0, 0.1) is 5.82 Å². The van der Waals surface area contributed by atoms with Crippen molar-refractivity contribution in [3.8, 4) is 0 Å². The van der Waals surface area contributed by atoms with Gasteiger partial charge in [0.25, 0.3) is 11.8 Å². The molecule has 4 rings (SSSR count). The summed E-state index contributed by atoms with van der Waals surface area (Å²) in [5, 5.41) is 2.22. The first-order valence-electron chi connectivity index (χ1n) is 9.87. The minimum absolute atomic E-state index is 0.173. The highest BCUT2D eigenvalue weighted by molar-refractivity contribution is 6.39. The van der Waals surface area contributed by atoms with E-state index in [2.05, 4.69) is 5.32 Å². The number of nitrogens with one attached hydrogen (secondary N) is 1. The number of nitrogens with zero attached hydrogens (tertiary/aromatic N) is 2. The zero-order chi connectivity index (χ0) is 22.0. The molecule has 1 aliphatic heterocycles. The summed E-state index contributed by atoms with van der Waals surface area (Å²) in [5.74, 6) is -1.82. The Morgan fingerprint density at radius 3 is 2.42 bits per heavy atom. The summed E-state index contributed by atoms with van der Waals surface area (Å²) in [6.45, 7) is 2.24. The number of benzene rings is 2. The van der Waals surface area contributed by atoms with E-state index in [9.17, 15) is 18.8 Å². The Labute approximate surface area is 178 Å². The quantitative estimate of drug-likeness (QED) is 0.506. The molecule has 3 aromatic rings. The number of anilines is 1. The van der Waals surface area contributed by atoms with Crippen LogP contribution in [0.15, 0.2) is 72.4 Å². The summed E-state index contributed by atoms with van der Waals surface area (Å²) in [6, 6.07) is 16.1. The predicted octanol–water partition coefficient (Wildman–Crippen LogP) is 3.90. The number of rotatable bonds is 5. The molecule has 0 bridgehead atoms. The van der Waals surface area contributed by atoms with Crippen LogP contribution in [0.4, 0.5) is 14.9 Å². The number of carbonyl (C=O) groups excluding carboxylic acids is 3. The van der Waals surface area contributed by atoms with E-state index in [0.29, 0.717) is 16.9 Å². The summed E-state index contributed by atoms with van der Waals surface area (Å²) in [7, 11) is 0. The molecule has 0 spiro atoms. The maximum absolute atomic E-state index is 14.0. The van der Waals surface area contributed by atoms with Crippen LogP contribution in [-0.2, 0) is 22.6 Å². The molecule has 0 atom stereocenters. The van der Waals surface area contributed by atoms with Crippen molar-refractivity contribution in [3.63, 3.8) is 0 Å². The highest BCUT2D eigenvalue weighted by Crippen LogP contribution is 2.23. The highest BCUT2D eigenvalue weighted by Gasteiger charge is 2.36. The van der Waals surface area contributed by atoms with Gasteiger partial charge in [-0.25, -0.2) is 14.1 Å². The molecule has 1 aromatic heterocycles. The molecule has 6 nitrogen and oxygen atoms in total. The first kappa shape index (κ1) is 20.3. The van der Waals surface area contributed by atoms with Gasteiger partial charge in [0, 0.05) is 17.5 Å². The molecule has 7 heteroatoms. The molecule has 1 saturated heterocycles. The number of hydrogen-bond acceptors (Lipinski definition) is 3. The van der Waals surface area contributed by atoms with Crippen molar-refractivity contribution in [1.82, 2.24) is 9.88 Å². The SMILES string of the molecule is CCc1ccc(N2C(=O)NC(=O)C(=Cc3cccn3Cc3ccccc3F)C2=O)cc1. The maximum Gasteiger partial charge on any atom is 0.335 e. The molecular weight excluding hydrogens is 397 g/mol. The summed E-state index contributed by atoms with van der Waals surface area (Å²) in [4.78, 5) is 38.8. The van der Waals surface area contributed by atoms with E-state index in [-0.39, 0.29) is 17.9 Å². The van der Waals surface area contributed by atoms with Crippen molar-refractivity contribution in [2.45, 2.75) is 19.9 Å². The van der Waals surface area contributed by atoms with E-state index >= 15 is 0 Å². The monoisotopic (exact) mass is 417 g/mol. The molecule has 4 amide bonds. The van der Waals surface area contributed by atoms with Gasteiger partial charge in [0.15, 0.2) is 0 Å². The molecule has 2 heterocycles. The molecule has 1 fully saturated rings. The average molecular weight is 417 g/mol. The normalized spacial score (nSPS) is 15.5. The van der Waals surface area contributed by atoms with Crippen molar-refractivity contribution < 1.29 is 18.8 Å². The standard InChI is InChI=1S/C24H20FN3O3/c1-2-16-9-11-18(12-10-16)28-23(30)20(22(29)26-24(28)31)14-19-7-5-13-27(19)15-17-6-3-4-8-21(17)25/h3-14H,2,15H2,1H3,(H,26,29,31). The van der Waals surface area contributed by atoms with Gasteiger partial charge in [-0.15, -0.1) is 0 Å². The van der Waals surface area contributed by atoms with Gasteiger partial charge in [-0.1, -0.05) is 37.3 Å². The molecule has 0 radical (unpaired) electrons. The van der Waals surface area contributed by atoms with Crippen LogP contribution in [0.3, 0.4) is 0 Å². The minimum Gasteiger partial charge on any atom is -0.343 e. The number of aromatic nitrogens is 1. The molecule has 1 aliphatic rings. The fourth-order valence-corrected chi connectivity index (χ4v) is 3.43. The maximum atomic E-state index is 14.0. The second-order valence-corrected chi connectivity index (χ2v) is 7.13. The molecule has 31 heavy (non-hydrogen) atoms. The number of hydrogen-bond donors (Lipinski definition) is 1. The first-order valence-corrected chi connectivity index (χ1v) is 9.87. The smallest absolute Gasteiger partial charge is 0.335 e. The minimum atomic E-state index is -0.793. The van der Waals surface area contributed by atoms with Crippen LogP contribution in [0.5, 0.6) is 0 Å². The molecule has 0 unspecified atom stereocenters. The van der Waals surface area contributed by atoms with Crippen LogP contribution in [-0.4, -0.2) is 22.4 Å². The summed E-state index contributed by atoms with van der Waals surface area (Å²) in [5.41, 5.74) is 2.28. The first-order chi connectivity index (χ1) is 15.0. The van der Waals surface area contributed by atoms with Crippen molar-refractivity contribution in [2.75, 3.05) is 4.90 Å². The van der Waals surface area contributed by atoms with Crippen LogP contribution < -0.4 is 10.2 Å². The third kappa shape index (κ3) is 4.02. The largest absolute Gasteiger partial charge is 0.343 e. The van der Waals surface area contributed by atoms with Crippen molar-refractivity contribution in [2.24, 2.45) is 0 Å². The summed E-state index contributed by atoms with van der Waals surface area (Å²) >= 11 is 0. The van der Waals surface area contributed by atoms with Gasteiger partial charge < -0.3 is 4.57 Å². The van der Waals surface area contributed by atoms with E-state index in [1.54, 1.807) is 53.2 Å². The lowest BCUT2D eigenvalue weighted by atomic mass is 10.1. The number of aryl methyl sites for hydroxylation is 1. The molecule has 1 N–H and O–H groups in total. The van der Waals surface area contributed by atoms with E-state index in [1.165, 1.54) is 12.1 Å². The Bertz CT molecular complexity index is 1190. The van der Waals surface area contributed by atoms with E-state index in [0.717, 1.165) is 16.9 Å². The van der Waals surface area contributed by atoms with Crippen molar-refractivity contribution in [1.29, 1.82) is 0 Å². The van der Waals surface area contributed by atoms with Gasteiger partial charge in [0.1, 0.15) is 11.4 Å². The van der Waals surface area contributed by atoms with Crippen LogP contribution in [0.1, 0.15) is 23.7 Å². The number of imide groups is 2. The summed E-state index contributed by atoms with van der Waals surface area (Å²) in [6.07, 6.45) is 3.97. The van der Waals surface area contributed by atoms with Crippen LogP contribution in [0.25, 0.3) is 6.08 Å². The number of amides is 4. The lowest BCUT2D eigenvalue weighted by Crippen LogP contribution is -2.54. The Morgan fingerprint density at radius 2 is 1.71 bits per heavy atom. The highest BCUT2D eigenvalue weighted by atomic mass is 19.1. The topological polar surface area (TPSA) is 71.4 Å². The Morgan fingerprint density at radius 1 is 0.968 bits per heavy atom. The second kappa shape index (κ2) is 8.39. The van der Waals surface area contributed by atoms with Gasteiger partial charge in [0.2, 0.25) is 0 Å². The Balaban J connectivity index is 1.66. The fourth-order valence-electron chi connectivity index (χ4n) is 3.43. The van der Waals surface area contributed by atoms with E-state index in [1.807, 2.05) is 19.1 Å². The Kier molecular flexibility index (Phi) is 5.49. The van der Waals surface area contributed by atoms with Gasteiger partial charge in [0.05, 0.1) is 12.2 Å². The van der Waals surface area contributed by atoms with Crippen LogP contribution >= 0.6 is 0 Å². The molecular formula is C24H20FN3O3. The number of carbonyl (C=O) groups is 3. The lowest BCUT2D eigenvalue weighted by Gasteiger charge is -2.26. The molecule has 2 aromatic carbocycles. The van der Waals surface area contributed by atoms with Gasteiger partial charge in [-0.2, -0.15) is 0 Å². The predicted molar refractivity (Wildman–Crippen MR) is 115 cm³/mol. The molecule has 0 saturated carbocycles. The number of barbiturate groups is 1. The fraction of sp³-hybridized carbons (Fsp3) is 0.125. The zero-order valence-electron chi connectivity index (χ0n) is 16.8. The third-order valence-corrected chi connectivity index (χ3v) is 5.16. The van der Waals surface area contributed by atoms with E-state index < -0.39 is 17.8 Å². The second-order valence-electron chi connectivity index (χ2n) is 7.13. The van der Waals surface area contributed by atoms with Crippen LogP contribution in [0.2, 0.25) is 0 Å². The molecule has 0 aliphatic carbocycles. The van der Waals surface area contributed by atoms with E-state index in [4.69, 9.17) is 0 Å². The van der Waals surface area contributed by atoms with Gasteiger partial charge in [-0.05, 0) is 48.4 Å². The van der Waals surface area contributed by atoms with Crippen molar-refractivity contribution in [3.05, 3.63) is 95.1 Å². The lowest BCUT2D eigenvalue weighted by molar-refractivity contribution is -0.122. The number of urea groups is 1. The Hall–Kier alpha value is -4.00. The average Bonchev–Trinajstić information content (AvgIpc) is 3.20. The molecule has 156 valence electrons.